The van der Waals surface area contributed by atoms with Crippen LogP contribution in [0.3, 0.4) is 0 Å². The van der Waals surface area contributed by atoms with Gasteiger partial charge in [0.15, 0.2) is 0 Å². The minimum absolute atomic E-state index is 0.394. The summed E-state index contributed by atoms with van der Waals surface area (Å²) in [7, 11) is 0. The Bertz CT molecular complexity index is 522. The van der Waals surface area contributed by atoms with E-state index >= 15 is 0 Å². The van der Waals surface area contributed by atoms with Crippen LogP contribution >= 0.6 is 23.2 Å². The van der Waals surface area contributed by atoms with E-state index in [9.17, 15) is 9.50 Å². The van der Waals surface area contributed by atoms with Crippen LogP contribution in [0.2, 0.25) is 10.0 Å². The van der Waals surface area contributed by atoms with Gasteiger partial charge in [-0.05, 0) is 41.5 Å². The SMILES string of the molecule is O[C@@H](c1cccc(F)c1)c1cc(Cl)cc(Cl)c1. The van der Waals surface area contributed by atoms with E-state index in [4.69, 9.17) is 23.2 Å². The zero-order valence-corrected chi connectivity index (χ0v) is 10.2. The van der Waals surface area contributed by atoms with Crippen LogP contribution in [0.4, 0.5) is 4.39 Å². The average Bonchev–Trinajstić information content (AvgIpc) is 2.26. The summed E-state index contributed by atoms with van der Waals surface area (Å²) in [6.07, 6.45) is -0.943. The lowest BCUT2D eigenvalue weighted by molar-refractivity contribution is 0.220. The monoisotopic (exact) mass is 270 g/mol. The van der Waals surface area contributed by atoms with Crippen LogP contribution in [0, 0.1) is 5.82 Å². The third-order valence-electron chi connectivity index (χ3n) is 2.37. The summed E-state index contributed by atoms with van der Waals surface area (Å²) in [6.45, 7) is 0. The summed E-state index contributed by atoms with van der Waals surface area (Å²) in [5.41, 5.74) is 0.997. The van der Waals surface area contributed by atoms with Crippen LogP contribution in [0.25, 0.3) is 0 Å². The van der Waals surface area contributed by atoms with Crippen LogP contribution in [0.5, 0.6) is 0 Å². The van der Waals surface area contributed by atoms with Gasteiger partial charge in [-0.15, -0.1) is 0 Å². The number of aliphatic hydroxyl groups excluding tert-OH is 1. The summed E-state index contributed by atoms with van der Waals surface area (Å²) in [4.78, 5) is 0. The molecule has 0 saturated carbocycles. The van der Waals surface area contributed by atoms with Crippen molar-refractivity contribution in [3.8, 4) is 0 Å². The van der Waals surface area contributed by atoms with Gasteiger partial charge in [-0.3, -0.25) is 0 Å². The molecule has 17 heavy (non-hydrogen) atoms. The number of aliphatic hydroxyl groups is 1. The number of benzene rings is 2. The molecule has 0 saturated heterocycles. The highest BCUT2D eigenvalue weighted by molar-refractivity contribution is 6.34. The molecule has 0 spiro atoms. The predicted octanol–water partition coefficient (Wildman–Crippen LogP) is 4.21. The first-order valence-electron chi connectivity index (χ1n) is 4.96. The molecule has 1 atom stereocenters. The van der Waals surface area contributed by atoms with Crippen LogP contribution in [-0.2, 0) is 0 Å². The summed E-state index contributed by atoms with van der Waals surface area (Å²) in [5.74, 6) is -0.394. The highest BCUT2D eigenvalue weighted by Crippen LogP contribution is 2.27. The molecule has 2 aromatic carbocycles. The zero-order valence-electron chi connectivity index (χ0n) is 8.70. The maximum absolute atomic E-state index is 13.0. The zero-order chi connectivity index (χ0) is 12.4. The Labute approximate surface area is 108 Å². The van der Waals surface area contributed by atoms with Gasteiger partial charge in [-0.1, -0.05) is 35.3 Å². The number of hydrogen-bond donors (Lipinski definition) is 1. The minimum Gasteiger partial charge on any atom is -0.384 e. The van der Waals surface area contributed by atoms with E-state index in [1.165, 1.54) is 12.1 Å². The van der Waals surface area contributed by atoms with Gasteiger partial charge in [-0.25, -0.2) is 4.39 Å². The third-order valence-corrected chi connectivity index (χ3v) is 2.80. The van der Waals surface area contributed by atoms with E-state index in [0.29, 0.717) is 21.2 Å². The smallest absolute Gasteiger partial charge is 0.123 e. The van der Waals surface area contributed by atoms with Gasteiger partial charge >= 0.3 is 0 Å². The van der Waals surface area contributed by atoms with Gasteiger partial charge in [0, 0.05) is 10.0 Å². The van der Waals surface area contributed by atoms with Crippen molar-refractivity contribution >= 4 is 23.2 Å². The Balaban J connectivity index is 2.39. The molecule has 1 nitrogen and oxygen atoms in total. The second-order valence-electron chi connectivity index (χ2n) is 3.66. The van der Waals surface area contributed by atoms with Crippen LogP contribution < -0.4 is 0 Å². The third kappa shape index (κ3) is 2.97. The van der Waals surface area contributed by atoms with E-state index in [0.717, 1.165) is 0 Å². The van der Waals surface area contributed by atoms with E-state index in [1.54, 1.807) is 30.3 Å². The Morgan fingerprint density at radius 2 is 1.59 bits per heavy atom. The first kappa shape index (κ1) is 12.4. The highest BCUT2D eigenvalue weighted by atomic mass is 35.5. The van der Waals surface area contributed by atoms with Gasteiger partial charge in [-0.2, -0.15) is 0 Å². The van der Waals surface area contributed by atoms with Crippen molar-refractivity contribution in [3.05, 3.63) is 69.5 Å². The minimum atomic E-state index is -0.943. The number of halogens is 3. The van der Waals surface area contributed by atoms with E-state index < -0.39 is 11.9 Å². The lowest BCUT2D eigenvalue weighted by Gasteiger charge is -2.12. The Morgan fingerprint density at radius 1 is 0.941 bits per heavy atom. The molecular formula is C13H9Cl2FO. The summed E-state index contributed by atoms with van der Waals surface area (Å²) in [6, 6.07) is 10.6. The fourth-order valence-electron chi connectivity index (χ4n) is 1.60. The molecular weight excluding hydrogens is 262 g/mol. The van der Waals surface area contributed by atoms with Crippen molar-refractivity contribution in [1.82, 2.24) is 0 Å². The number of hydrogen-bond acceptors (Lipinski definition) is 1. The molecule has 1 N–H and O–H groups in total. The molecule has 0 unspecified atom stereocenters. The second-order valence-corrected chi connectivity index (χ2v) is 4.53. The van der Waals surface area contributed by atoms with Gasteiger partial charge in [0.2, 0.25) is 0 Å². The van der Waals surface area contributed by atoms with Gasteiger partial charge in [0.1, 0.15) is 11.9 Å². The largest absolute Gasteiger partial charge is 0.384 e. The summed E-state index contributed by atoms with van der Waals surface area (Å²) < 4.78 is 13.0. The normalized spacial score (nSPS) is 12.5. The number of rotatable bonds is 2. The van der Waals surface area contributed by atoms with Gasteiger partial charge in [0.05, 0.1) is 0 Å². The Hall–Kier alpha value is -1.09. The van der Waals surface area contributed by atoms with E-state index in [1.807, 2.05) is 0 Å². The molecule has 0 aliphatic heterocycles. The summed E-state index contributed by atoms with van der Waals surface area (Å²) >= 11 is 11.7. The van der Waals surface area contributed by atoms with E-state index in [2.05, 4.69) is 0 Å². The van der Waals surface area contributed by atoms with Crippen LogP contribution in [0.1, 0.15) is 17.2 Å². The molecule has 88 valence electrons. The van der Waals surface area contributed by atoms with Crippen molar-refractivity contribution < 1.29 is 9.50 Å². The lowest BCUT2D eigenvalue weighted by atomic mass is 10.0. The van der Waals surface area contributed by atoms with Crippen LogP contribution in [0.15, 0.2) is 42.5 Å². The predicted molar refractivity (Wildman–Crippen MR) is 66.9 cm³/mol. The highest BCUT2D eigenvalue weighted by Gasteiger charge is 2.12. The van der Waals surface area contributed by atoms with Gasteiger partial charge < -0.3 is 5.11 Å². The quantitative estimate of drug-likeness (QED) is 0.867. The van der Waals surface area contributed by atoms with Gasteiger partial charge in [0.25, 0.3) is 0 Å². The first-order valence-corrected chi connectivity index (χ1v) is 5.71. The van der Waals surface area contributed by atoms with Crippen molar-refractivity contribution in [1.29, 1.82) is 0 Å². The van der Waals surface area contributed by atoms with Crippen molar-refractivity contribution in [2.45, 2.75) is 6.10 Å². The fourth-order valence-corrected chi connectivity index (χ4v) is 2.15. The van der Waals surface area contributed by atoms with Crippen molar-refractivity contribution in [2.75, 3.05) is 0 Å². The lowest BCUT2D eigenvalue weighted by Crippen LogP contribution is -2.00. The topological polar surface area (TPSA) is 20.2 Å². The molecule has 0 radical (unpaired) electrons. The molecule has 0 aliphatic carbocycles. The fraction of sp³-hybridized carbons (Fsp3) is 0.0769. The molecule has 0 fully saturated rings. The first-order chi connectivity index (χ1) is 8.06. The molecule has 4 heteroatoms. The standard InChI is InChI=1S/C13H9Cl2FO/c14-10-4-9(5-11(15)7-10)13(17)8-2-1-3-12(16)6-8/h1-7,13,17H/t13-/m0/s1. The maximum Gasteiger partial charge on any atom is 0.123 e. The molecule has 0 amide bonds. The molecule has 0 aromatic heterocycles. The summed E-state index contributed by atoms with van der Waals surface area (Å²) in [5, 5.41) is 10.9. The molecule has 2 rings (SSSR count). The second kappa shape index (κ2) is 5.05. The van der Waals surface area contributed by atoms with Crippen molar-refractivity contribution in [3.63, 3.8) is 0 Å². The molecule has 0 aliphatic rings. The van der Waals surface area contributed by atoms with Crippen molar-refractivity contribution in [2.24, 2.45) is 0 Å². The molecule has 2 aromatic rings. The Kier molecular flexibility index (Phi) is 3.67. The maximum atomic E-state index is 13.0. The molecule has 0 heterocycles. The average molecular weight is 271 g/mol. The van der Waals surface area contributed by atoms with E-state index in [-0.39, 0.29) is 0 Å². The Morgan fingerprint density at radius 3 is 2.18 bits per heavy atom. The van der Waals surface area contributed by atoms with Crippen LogP contribution in [-0.4, -0.2) is 5.11 Å². The molecule has 0 bridgehead atoms.